The van der Waals surface area contributed by atoms with Crippen molar-refractivity contribution in [2.45, 2.75) is 77.0 Å². The molecule has 2 aliphatic rings. The number of nitrogens with one attached hydrogen (secondary N) is 1. The Morgan fingerprint density at radius 1 is 1.17 bits per heavy atom. The number of hydrogen-bond acceptors (Lipinski definition) is 4. The first-order chi connectivity index (χ1) is 17.3. The molecule has 3 heterocycles. The molecular formula is C29H38N4O3. The highest BCUT2D eigenvalue weighted by atomic mass is 16.3. The largest absolute Gasteiger partial charge is 0.460 e. The van der Waals surface area contributed by atoms with Gasteiger partial charge in [-0.25, -0.2) is 0 Å². The molecule has 1 N–H and O–H groups in total. The molecule has 1 unspecified atom stereocenters. The van der Waals surface area contributed by atoms with Gasteiger partial charge in [-0.2, -0.15) is 0 Å². The van der Waals surface area contributed by atoms with Gasteiger partial charge in [0.2, 0.25) is 5.91 Å². The first-order valence-corrected chi connectivity index (χ1v) is 13.3. The Balaban J connectivity index is 1.35. The fourth-order valence-corrected chi connectivity index (χ4v) is 5.87. The molecule has 0 bridgehead atoms. The molecule has 1 aliphatic carbocycles. The van der Waals surface area contributed by atoms with E-state index >= 15 is 0 Å². The van der Waals surface area contributed by atoms with Crippen LogP contribution in [0, 0.1) is 6.92 Å². The summed E-state index contributed by atoms with van der Waals surface area (Å²) in [5.41, 5.74) is 2.49. The minimum atomic E-state index is -0.962. The third-order valence-electron chi connectivity index (χ3n) is 7.89. The second-order valence-electron chi connectivity index (χ2n) is 10.8. The van der Waals surface area contributed by atoms with Gasteiger partial charge in [-0.15, -0.1) is 0 Å². The molecule has 1 aliphatic heterocycles. The van der Waals surface area contributed by atoms with Gasteiger partial charge < -0.3 is 24.1 Å². The Bertz CT molecular complexity index is 1220. The maximum absolute atomic E-state index is 13.8. The molecule has 5 rings (SSSR count). The summed E-state index contributed by atoms with van der Waals surface area (Å²) in [6.45, 7) is 6.48. The van der Waals surface area contributed by atoms with Crippen molar-refractivity contribution in [1.29, 1.82) is 0 Å². The number of fused-ring (bicyclic) bond motifs is 3. The SMILES string of the molecule is Cc1cc2c(cc3n2CC(C)(C(=O)NC2CCCCC2)N(CCCN(C)Cc2ccccc2)C3=O)o1. The summed E-state index contributed by atoms with van der Waals surface area (Å²) in [5, 5.41) is 3.31. The molecule has 1 aromatic carbocycles. The van der Waals surface area contributed by atoms with Crippen molar-refractivity contribution in [2.75, 3.05) is 20.1 Å². The van der Waals surface area contributed by atoms with Crippen LogP contribution in [0.3, 0.4) is 0 Å². The predicted molar refractivity (Wildman–Crippen MR) is 141 cm³/mol. The van der Waals surface area contributed by atoms with Crippen molar-refractivity contribution < 1.29 is 14.0 Å². The smallest absolute Gasteiger partial charge is 0.271 e. The number of amides is 2. The molecule has 36 heavy (non-hydrogen) atoms. The van der Waals surface area contributed by atoms with Gasteiger partial charge in [0.15, 0.2) is 5.58 Å². The Hall–Kier alpha value is -3.06. The Labute approximate surface area is 213 Å². The van der Waals surface area contributed by atoms with Crippen LogP contribution >= 0.6 is 0 Å². The summed E-state index contributed by atoms with van der Waals surface area (Å²) in [6.07, 6.45) is 6.34. The first kappa shape index (κ1) is 24.6. The minimum absolute atomic E-state index is 0.0480. The van der Waals surface area contributed by atoms with Gasteiger partial charge in [0.25, 0.3) is 5.91 Å². The number of carbonyl (C=O) groups excluding carboxylic acids is 2. The number of benzene rings is 1. The van der Waals surface area contributed by atoms with Crippen LogP contribution in [0.1, 0.15) is 67.3 Å². The van der Waals surface area contributed by atoms with Crippen LogP contribution in [0.4, 0.5) is 0 Å². The maximum Gasteiger partial charge on any atom is 0.271 e. The van der Waals surface area contributed by atoms with Gasteiger partial charge in [0, 0.05) is 31.3 Å². The predicted octanol–water partition coefficient (Wildman–Crippen LogP) is 4.73. The standard InChI is InChI=1S/C29H38N4O3/c1-21-17-24-26(36-21)18-25-27(34)33(16-10-15-31(3)19-22-11-6-4-7-12-22)29(2,20-32(24)25)28(35)30-23-13-8-5-9-14-23/h4,6-7,11-12,17-18,23H,5,8-10,13-16,19-20H2,1-3H3,(H,30,35). The molecule has 7 heteroatoms. The monoisotopic (exact) mass is 490 g/mol. The molecule has 0 spiro atoms. The van der Waals surface area contributed by atoms with Gasteiger partial charge in [-0.1, -0.05) is 49.6 Å². The maximum atomic E-state index is 13.8. The highest BCUT2D eigenvalue weighted by Gasteiger charge is 2.48. The van der Waals surface area contributed by atoms with E-state index in [1.54, 1.807) is 0 Å². The van der Waals surface area contributed by atoms with E-state index < -0.39 is 5.54 Å². The summed E-state index contributed by atoms with van der Waals surface area (Å²) >= 11 is 0. The number of carbonyl (C=O) groups is 2. The van der Waals surface area contributed by atoms with E-state index in [-0.39, 0.29) is 17.9 Å². The van der Waals surface area contributed by atoms with Crippen LogP contribution in [0.5, 0.6) is 0 Å². The lowest BCUT2D eigenvalue weighted by Gasteiger charge is -2.45. The molecule has 1 atom stereocenters. The molecule has 192 valence electrons. The summed E-state index contributed by atoms with van der Waals surface area (Å²) < 4.78 is 7.80. The topological polar surface area (TPSA) is 70.7 Å². The lowest BCUT2D eigenvalue weighted by atomic mass is 9.91. The Morgan fingerprint density at radius 3 is 2.67 bits per heavy atom. The van der Waals surface area contributed by atoms with Crippen molar-refractivity contribution in [3.05, 3.63) is 59.5 Å². The van der Waals surface area contributed by atoms with Crippen LogP contribution in [0.25, 0.3) is 11.1 Å². The second-order valence-corrected chi connectivity index (χ2v) is 10.8. The van der Waals surface area contributed by atoms with E-state index in [0.717, 1.165) is 56.5 Å². The zero-order valence-electron chi connectivity index (χ0n) is 21.8. The summed E-state index contributed by atoms with van der Waals surface area (Å²) in [4.78, 5) is 31.7. The molecule has 2 amide bonds. The number of nitrogens with zero attached hydrogens (tertiary/aromatic N) is 3. The zero-order valence-corrected chi connectivity index (χ0v) is 21.8. The van der Waals surface area contributed by atoms with Crippen LogP contribution in [0.15, 0.2) is 46.9 Å². The van der Waals surface area contributed by atoms with E-state index in [0.29, 0.717) is 24.4 Å². The van der Waals surface area contributed by atoms with Gasteiger partial charge in [-0.3, -0.25) is 9.59 Å². The van der Waals surface area contributed by atoms with Crippen LogP contribution < -0.4 is 5.32 Å². The van der Waals surface area contributed by atoms with Crippen molar-refractivity contribution in [3.8, 4) is 0 Å². The number of aromatic nitrogens is 1. The van der Waals surface area contributed by atoms with Crippen molar-refractivity contribution >= 4 is 22.9 Å². The molecule has 1 fully saturated rings. The van der Waals surface area contributed by atoms with Gasteiger partial charge in [0.05, 0.1) is 12.1 Å². The number of rotatable bonds is 8. The van der Waals surface area contributed by atoms with Gasteiger partial charge in [0.1, 0.15) is 17.0 Å². The van der Waals surface area contributed by atoms with E-state index in [2.05, 4.69) is 41.5 Å². The second kappa shape index (κ2) is 10.1. The number of furan rings is 1. The molecule has 0 saturated heterocycles. The van der Waals surface area contributed by atoms with Crippen LogP contribution in [-0.2, 0) is 17.9 Å². The third-order valence-corrected chi connectivity index (χ3v) is 7.89. The fourth-order valence-electron chi connectivity index (χ4n) is 5.87. The average molecular weight is 491 g/mol. The van der Waals surface area contributed by atoms with Gasteiger partial charge in [-0.05, 0) is 52.3 Å². The molecule has 3 aromatic rings. The molecule has 7 nitrogen and oxygen atoms in total. The summed E-state index contributed by atoms with van der Waals surface area (Å²) in [7, 11) is 2.10. The number of hydrogen-bond donors (Lipinski definition) is 1. The van der Waals surface area contributed by atoms with Crippen LogP contribution in [-0.4, -0.2) is 57.9 Å². The van der Waals surface area contributed by atoms with Crippen LogP contribution in [0.2, 0.25) is 0 Å². The number of aryl methyl sites for hydroxylation is 1. The lowest BCUT2D eigenvalue weighted by molar-refractivity contribution is -0.133. The van der Waals surface area contributed by atoms with E-state index in [1.165, 1.54) is 12.0 Å². The van der Waals surface area contributed by atoms with E-state index in [4.69, 9.17) is 4.42 Å². The molecule has 0 radical (unpaired) electrons. The Kier molecular flexibility index (Phi) is 6.93. The van der Waals surface area contributed by atoms with E-state index in [1.807, 2.05) is 41.5 Å². The molecule has 2 aromatic heterocycles. The highest BCUT2D eigenvalue weighted by Crippen LogP contribution is 2.34. The lowest BCUT2D eigenvalue weighted by Crippen LogP contribution is -2.65. The van der Waals surface area contributed by atoms with Gasteiger partial charge >= 0.3 is 0 Å². The fraction of sp³-hybridized carbons (Fsp3) is 0.517. The zero-order chi connectivity index (χ0) is 25.3. The average Bonchev–Trinajstić information content (AvgIpc) is 3.39. The van der Waals surface area contributed by atoms with E-state index in [9.17, 15) is 9.59 Å². The summed E-state index contributed by atoms with van der Waals surface area (Å²) in [6, 6.07) is 14.4. The minimum Gasteiger partial charge on any atom is -0.460 e. The first-order valence-electron chi connectivity index (χ1n) is 13.3. The highest BCUT2D eigenvalue weighted by molar-refractivity contribution is 6.03. The van der Waals surface area contributed by atoms with Crippen molar-refractivity contribution in [3.63, 3.8) is 0 Å². The molecular weight excluding hydrogens is 452 g/mol. The molecule has 1 saturated carbocycles. The quantitative estimate of drug-likeness (QED) is 0.496. The normalized spacial score (nSPS) is 20.8. The van der Waals surface area contributed by atoms with Crippen molar-refractivity contribution in [2.24, 2.45) is 0 Å². The summed E-state index contributed by atoms with van der Waals surface area (Å²) in [5.74, 6) is 0.658. The van der Waals surface area contributed by atoms with Crippen molar-refractivity contribution in [1.82, 2.24) is 19.7 Å². The Morgan fingerprint density at radius 2 is 1.92 bits per heavy atom. The third kappa shape index (κ3) is 4.81.